The maximum atomic E-state index is 12.3. The van der Waals surface area contributed by atoms with Gasteiger partial charge in [0.2, 0.25) is 5.91 Å². The van der Waals surface area contributed by atoms with E-state index in [9.17, 15) is 9.59 Å². The molecule has 0 heterocycles. The molecule has 0 bridgehead atoms. The van der Waals surface area contributed by atoms with Gasteiger partial charge in [0.25, 0.3) is 0 Å². The summed E-state index contributed by atoms with van der Waals surface area (Å²) in [7, 11) is 0. The van der Waals surface area contributed by atoms with Crippen molar-refractivity contribution in [1.82, 2.24) is 10.6 Å². The Morgan fingerprint density at radius 2 is 1.80 bits per heavy atom. The summed E-state index contributed by atoms with van der Waals surface area (Å²) in [5.41, 5.74) is 0.653. The van der Waals surface area contributed by atoms with Crippen molar-refractivity contribution < 1.29 is 14.3 Å². The van der Waals surface area contributed by atoms with Crippen LogP contribution in [-0.2, 0) is 16.0 Å². The van der Waals surface area contributed by atoms with E-state index in [-0.39, 0.29) is 18.5 Å². The van der Waals surface area contributed by atoms with Crippen LogP contribution >= 0.6 is 0 Å². The average molecular weight is 346 g/mol. The van der Waals surface area contributed by atoms with E-state index in [1.54, 1.807) is 20.8 Å². The summed E-state index contributed by atoms with van der Waals surface area (Å²) in [4.78, 5) is 24.0. The molecule has 1 saturated carbocycles. The molecule has 1 unspecified atom stereocenters. The highest BCUT2D eigenvalue weighted by molar-refractivity contribution is 5.82. The van der Waals surface area contributed by atoms with Crippen LogP contribution in [0.25, 0.3) is 0 Å². The summed E-state index contributed by atoms with van der Waals surface area (Å²) in [5, 5.41) is 5.64. The molecule has 5 heteroatoms. The molecule has 2 amide bonds. The minimum atomic E-state index is -0.569. The lowest BCUT2D eigenvalue weighted by molar-refractivity contribution is -0.121. The van der Waals surface area contributed by atoms with Crippen LogP contribution in [0.3, 0.4) is 0 Å². The highest BCUT2D eigenvalue weighted by Gasteiger charge is 2.26. The lowest BCUT2D eigenvalue weighted by Gasteiger charge is -2.25. The lowest BCUT2D eigenvalue weighted by Crippen LogP contribution is -2.46. The highest BCUT2D eigenvalue weighted by Crippen LogP contribution is 2.29. The van der Waals surface area contributed by atoms with Crippen molar-refractivity contribution >= 4 is 12.0 Å². The third kappa shape index (κ3) is 7.16. The normalized spacial score (nSPS) is 16.3. The van der Waals surface area contributed by atoms with Crippen molar-refractivity contribution in [2.75, 3.05) is 6.54 Å². The fourth-order valence-corrected chi connectivity index (χ4v) is 3.29. The minimum absolute atomic E-state index is 0.0626. The zero-order chi connectivity index (χ0) is 18.3. The SMILES string of the molecule is CC(C)(C)OC(=O)NCC(=O)NC(Cc1ccccc1)C1CCCC1. The van der Waals surface area contributed by atoms with Crippen molar-refractivity contribution in [3.8, 4) is 0 Å². The molecule has 1 aromatic rings. The van der Waals surface area contributed by atoms with Gasteiger partial charge in [-0.15, -0.1) is 0 Å². The van der Waals surface area contributed by atoms with Crippen molar-refractivity contribution in [3.05, 3.63) is 35.9 Å². The number of carbonyl (C=O) groups excluding carboxylic acids is 2. The molecule has 5 nitrogen and oxygen atoms in total. The van der Waals surface area contributed by atoms with Crippen LogP contribution in [0.15, 0.2) is 30.3 Å². The van der Waals surface area contributed by atoms with Crippen LogP contribution in [0.1, 0.15) is 52.0 Å². The Hall–Kier alpha value is -2.04. The summed E-state index contributed by atoms with van der Waals surface area (Å²) in [5.74, 6) is 0.337. The Morgan fingerprint density at radius 3 is 2.40 bits per heavy atom. The number of ether oxygens (including phenoxy) is 1. The molecule has 25 heavy (non-hydrogen) atoms. The van der Waals surface area contributed by atoms with Crippen LogP contribution in [0.5, 0.6) is 0 Å². The van der Waals surface area contributed by atoms with Gasteiger partial charge >= 0.3 is 6.09 Å². The molecule has 1 aliphatic carbocycles. The molecule has 0 spiro atoms. The predicted molar refractivity (Wildman–Crippen MR) is 98.3 cm³/mol. The number of hydrogen-bond acceptors (Lipinski definition) is 3. The van der Waals surface area contributed by atoms with Gasteiger partial charge in [0.15, 0.2) is 0 Å². The Bertz CT molecular complexity index is 560. The van der Waals surface area contributed by atoms with E-state index in [1.807, 2.05) is 18.2 Å². The van der Waals surface area contributed by atoms with Crippen molar-refractivity contribution in [1.29, 1.82) is 0 Å². The van der Waals surface area contributed by atoms with Crippen LogP contribution in [0.4, 0.5) is 4.79 Å². The van der Waals surface area contributed by atoms with Gasteiger partial charge < -0.3 is 15.4 Å². The maximum absolute atomic E-state index is 12.3. The van der Waals surface area contributed by atoms with Gasteiger partial charge in [-0.25, -0.2) is 4.79 Å². The largest absolute Gasteiger partial charge is 0.444 e. The standard InChI is InChI=1S/C20H30N2O3/c1-20(2,3)25-19(24)21-14-18(23)22-17(16-11-7-8-12-16)13-15-9-5-4-6-10-15/h4-6,9-10,16-17H,7-8,11-14H2,1-3H3,(H,21,24)(H,22,23). The van der Waals surface area contributed by atoms with Gasteiger partial charge in [0, 0.05) is 6.04 Å². The first kappa shape index (κ1) is 19.3. The van der Waals surface area contributed by atoms with Gasteiger partial charge in [-0.05, 0) is 51.5 Å². The quantitative estimate of drug-likeness (QED) is 0.829. The zero-order valence-electron chi connectivity index (χ0n) is 15.5. The van der Waals surface area contributed by atoms with Crippen molar-refractivity contribution in [2.24, 2.45) is 5.92 Å². The third-order valence-electron chi connectivity index (χ3n) is 4.41. The number of alkyl carbamates (subject to hydrolysis) is 1. The summed E-state index contributed by atoms with van der Waals surface area (Å²) < 4.78 is 5.16. The van der Waals surface area contributed by atoms with Gasteiger partial charge in [-0.3, -0.25) is 4.79 Å². The highest BCUT2D eigenvalue weighted by atomic mass is 16.6. The molecular formula is C20H30N2O3. The molecule has 138 valence electrons. The molecule has 0 aliphatic heterocycles. The molecule has 2 rings (SSSR count). The van der Waals surface area contributed by atoms with Crippen LogP contribution in [0, 0.1) is 5.92 Å². The Kier molecular flexibility index (Phi) is 6.85. The molecule has 1 aliphatic rings. The molecular weight excluding hydrogens is 316 g/mol. The van der Waals surface area contributed by atoms with Crippen LogP contribution in [0.2, 0.25) is 0 Å². The number of carbonyl (C=O) groups is 2. The minimum Gasteiger partial charge on any atom is -0.444 e. The van der Waals surface area contributed by atoms with Gasteiger partial charge in [-0.2, -0.15) is 0 Å². The van der Waals surface area contributed by atoms with E-state index in [0.29, 0.717) is 5.92 Å². The second-order valence-electron chi connectivity index (χ2n) is 7.76. The van der Waals surface area contributed by atoms with Gasteiger partial charge in [-0.1, -0.05) is 43.2 Å². The Morgan fingerprint density at radius 1 is 1.16 bits per heavy atom. The summed E-state index contributed by atoms with van der Waals surface area (Å²) >= 11 is 0. The smallest absolute Gasteiger partial charge is 0.408 e. The van der Waals surface area contributed by atoms with Crippen molar-refractivity contribution in [2.45, 2.75) is 64.5 Å². The zero-order valence-corrected chi connectivity index (χ0v) is 15.5. The summed E-state index contributed by atoms with van der Waals surface area (Å²) in [6.07, 6.45) is 5.01. The first-order valence-corrected chi connectivity index (χ1v) is 9.13. The predicted octanol–water partition coefficient (Wildman–Crippen LogP) is 3.43. The second kappa shape index (κ2) is 8.88. The molecule has 2 N–H and O–H groups in total. The Balaban J connectivity index is 1.87. The van der Waals surface area contributed by atoms with E-state index in [1.165, 1.54) is 18.4 Å². The lowest BCUT2D eigenvalue weighted by atomic mass is 9.92. The average Bonchev–Trinajstić information content (AvgIpc) is 3.06. The third-order valence-corrected chi connectivity index (χ3v) is 4.41. The fraction of sp³-hybridized carbons (Fsp3) is 0.600. The first-order chi connectivity index (χ1) is 11.8. The molecule has 0 saturated heterocycles. The molecule has 0 aromatic heterocycles. The topological polar surface area (TPSA) is 67.4 Å². The number of amides is 2. The maximum Gasteiger partial charge on any atom is 0.408 e. The molecule has 0 radical (unpaired) electrons. The molecule has 1 atom stereocenters. The number of rotatable bonds is 6. The van der Waals surface area contributed by atoms with E-state index in [0.717, 1.165) is 19.3 Å². The number of hydrogen-bond donors (Lipinski definition) is 2. The van der Waals surface area contributed by atoms with E-state index < -0.39 is 11.7 Å². The number of benzene rings is 1. The summed E-state index contributed by atoms with van der Waals surface area (Å²) in [6, 6.07) is 10.3. The van der Waals surface area contributed by atoms with Crippen LogP contribution in [-0.4, -0.2) is 30.2 Å². The van der Waals surface area contributed by atoms with Crippen LogP contribution < -0.4 is 10.6 Å². The summed E-state index contributed by atoms with van der Waals surface area (Å²) in [6.45, 7) is 5.32. The van der Waals surface area contributed by atoms with Crippen molar-refractivity contribution in [3.63, 3.8) is 0 Å². The van der Waals surface area contributed by atoms with Gasteiger partial charge in [0.05, 0.1) is 0 Å². The van der Waals surface area contributed by atoms with E-state index in [4.69, 9.17) is 4.74 Å². The second-order valence-corrected chi connectivity index (χ2v) is 7.76. The number of nitrogens with one attached hydrogen (secondary N) is 2. The first-order valence-electron chi connectivity index (χ1n) is 9.13. The monoisotopic (exact) mass is 346 g/mol. The Labute approximate surface area is 150 Å². The fourth-order valence-electron chi connectivity index (χ4n) is 3.29. The molecule has 1 aromatic carbocycles. The van der Waals surface area contributed by atoms with Gasteiger partial charge in [0.1, 0.15) is 12.1 Å². The van der Waals surface area contributed by atoms with E-state index in [2.05, 4.69) is 22.8 Å². The van der Waals surface area contributed by atoms with E-state index >= 15 is 0 Å². The molecule has 1 fully saturated rings.